The van der Waals surface area contributed by atoms with Gasteiger partial charge in [-0.25, -0.2) is 5.01 Å². The quantitative estimate of drug-likeness (QED) is 0.809. The van der Waals surface area contributed by atoms with Gasteiger partial charge in [0.1, 0.15) is 0 Å². The van der Waals surface area contributed by atoms with E-state index in [1.807, 2.05) is 6.92 Å². The molecule has 2 aliphatic carbocycles. The molecule has 2 N–H and O–H groups in total. The molecule has 0 aromatic heterocycles. The van der Waals surface area contributed by atoms with Gasteiger partial charge in [-0.15, -0.1) is 0 Å². The monoisotopic (exact) mass is 363 g/mol. The molecule has 148 valence electrons. The molecule has 3 atom stereocenters. The summed E-state index contributed by atoms with van der Waals surface area (Å²) in [5.41, 5.74) is 3.37. The zero-order valence-corrected chi connectivity index (χ0v) is 17.0. The number of rotatable bonds is 3. The molecule has 2 saturated carbocycles. The van der Waals surface area contributed by atoms with E-state index >= 15 is 0 Å². The van der Waals surface area contributed by atoms with Crippen LogP contribution in [0.1, 0.15) is 79.1 Å². The van der Waals surface area contributed by atoms with Gasteiger partial charge in [-0.1, -0.05) is 27.7 Å². The van der Waals surface area contributed by atoms with Crippen LogP contribution < -0.4 is 10.7 Å². The highest BCUT2D eigenvalue weighted by Gasteiger charge is 2.36. The molecule has 2 amide bonds. The van der Waals surface area contributed by atoms with Crippen LogP contribution in [-0.4, -0.2) is 35.5 Å². The first-order valence-electron chi connectivity index (χ1n) is 10.6. The average Bonchev–Trinajstić information content (AvgIpc) is 2.93. The van der Waals surface area contributed by atoms with E-state index in [2.05, 4.69) is 36.5 Å². The SMILES string of the molecule is CC1CN(C2CCCC(NC(=O)C3CCC(C(C)(C)C)CC3)C2)NC1=O. The van der Waals surface area contributed by atoms with Crippen LogP contribution in [0.4, 0.5) is 0 Å². The number of amides is 2. The number of hydrogen-bond acceptors (Lipinski definition) is 3. The molecule has 5 heteroatoms. The summed E-state index contributed by atoms with van der Waals surface area (Å²) >= 11 is 0. The van der Waals surface area contributed by atoms with Gasteiger partial charge in [0.25, 0.3) is 0 Å². The van der Waals surface area contributed by atoms with Gasteiger partial charge in [0, 0.05) is 24.5 Å². The van der Waals surface area contributed by atoms with E-state index in [4.69, 9.17) is 0 Å². The minimum absolute atomic E-state index is 0.0722. The lowest BCUT2D eigenvalue weighted by Crippen LogP contribution is -2.50. The fourth-order valence-electron chi connectivity index (χ4n) is 5.03. The predicted octanol–water partition coefficient (Wildman–Crippen LogP) is 3.25. The molecule has 1 heterocycles. The van der Waals surface area contributed by atoms with E-state index in [1.165, 1.54) is 12.8 Å². The maximum absolute atomic E-state index is 12.8. The van der Waals surface area contributed by atoms with Crippen molar-refractivity contribution in [1.82, 2.24) is 15.8 Å². The third-order valence-electron chi connectivity index (χ3n) is 6.93. The van der Waals surface area contributed by atoms with Crippen LogP contribution in [0.2, 0.25) is 0 Å². The minimum atomic E-state index is 0.0722. The number of carbonyl (C=O) groups is 2. The summed E-state index contributed by atoms with van der Waals surface area (Å²) in [6, 6.07) is 0.619. The first kappa shape index (κ1) is 19.7. The molecule has 0 bridgehead atoms. The highest BCUT2D eigenvalue weighted by molar-refractivity contribution is 5.80. The van der Waals surface area contributed by atoms with E-state index in [9.17, 15) is 9.59 Å². The fraction of sp³-hybridized carbons (Fsp3) is 0.905. The molecule has 3 rings (SSSR count). The topological polar surface area (TPSA) is 61.4 Å². The Labute approximate surface area is 158 Å². The summed E-state index contributed by atoms with van der Waals surface area (Å²) in [6.07, 6.45) is 8.66. The van der Waals surface area contributed by atoms with Gasteiger partial charge in [0.15, 0.2) is 0 Å². The Kier molecular flexibility index (Phi) is 5.95. The lowest BCUT2D eigenvalue weighted by atomic mass is 9.69. The number of hydrazine groups is 1. The molecule has 0 spiro atoms. The van der Waals surface area contributed by atoms with Crippen molar-refractivity contribution in [3.05, 3.63) is 0 Å². The van der Waals surface area contributed by atoms with Crippen molar-refractivity contribution in [2.24, 2.45) is 23.2 Å². The Hall–Kier alpha value is -1.10. The Balaban J connectivity index is 1.47. The number of hydrogen-bond donors (Lipinski definition) is 2. The summed E-state index contributed by atoms with van der Waals surface area (Å²) in [4.78, 5) is 24.5. The van der Waals surface area contributed by atoms with E-state index in [0.29, 0.717) is 11.5 Å². The molecule has 0 aromatic rings. The maximum Gasteiger partial charge on any atom is 0.238 e. The van der Waals surface area contributed by atoms with Crippen LogP contribution in [0.25, 0.3) is 0 Å². The van der Waals surface area contributed by atoms with E-state index in [-0.39, 0.29) is 29.7 Å². The second-order valence-electron chi connectivity index (χ2n) is 9.97. The standard InChI is InChI=1S/C21H37N3O2/c1-14-13-24(23-19(14)25)18-7-5-6-17(12-18)22-20(26)15-8-10-16(11-9-15)21(2,3)4/h14-18H,5-13H2,1-4H3,(H,22,26)(H,23,25). The Morgan fingerprint density at radius 1 is 1.12 bits per heavy atom. The molecule has 3 aliphatic rings. The normalized spacial score (nSPS) is 36.6. The molecule has 1 aliphatic heterocycles. The van der Waals surface area contributed by atoms with Crippen molar-refractivity contribution >= 4 is 11.8 Å². The first-order chi connectivity index (χ1) is 12.2. The van der Waals surface area contributed by atoms with Gasteiger partial charge in [-0.05, 0) is 62.7 Å². The molecule has 5 nitrogen and oxygen atoms in total. The Morgan fingerprint density at radius 3 is 2.38 bits per heavy atom. The second-order valence-corrected chi connectivity index (χ2v) is 9.97. The summed E-state index contributed by atoms with van der Waals surface area (Å²) in [5.74, 6) is 1.41. The van der Waals surface area contributed by atoms with Gasteiger partial charge in [-0.2, -0.15) is 0 Å². The fourth-order valence-corrected chi connectivity index (χ4v) is 5.03. The molecule has 0 radical (unpaired) electrons. The summed E-state index contributed by atoms with van der Waals surface area (Å²) < 4.78 is 0. The van der Waals surface area contributed by atoms with Gasteiger partial charge in [0.2, 0.25) is 11.8 Å². The molecule has 26 heavy (non-hydrogen) atoms. The van der Waals surface area contributed by atoms with Crippen molar-refractivity contribution < 1.29 is 9.59 Å². The number of nitrogens with zero attached hydrogens (tertiary/aromatic N) is 1. The molecule has 3 unspecified atom stereocenters. The average molecular weight is 364 g/mol. The van der Waals surface area contributed by atoms with Crippen molar-refractivity contribution in [3.8, 4) is 0 Å². The number of nitrogens with one attached hydrogen (secondary N) is 2. The highest BCUT2D eigenvalue weighted by atomic mass is 16.2. The first-order valence-corrected chi connectivity index (χ1v) is 10.6. The van der Waals surface area contributed by atoms with Crippen LogP contribution in [0.5, 0.6) is 0 Å². The minimum Gasteiger partial charge on any atom is -0.353 e. The Bertz CT molecular complexity index is 520. The number of carbonyl (C=O) groups excluding carboxylic acids is 2. The van der Waals surface area contributed by atoms with Gasteiger partial charge < -0.3 is 5.32 Å². The summed E-state index contributed by atoms with van der Waals surface area (Å²) in [6.45, 7) is 9.72. The van der Waals surface area contributed by atoms with E-state index in [0.717, 1.165) is 51.0 Å². The van der Waals surface area contributed by atoms with Crippen LogP contribution in [0.15, 0.2) is 0 Å². The summed E-state index contributed by atoms with van der Waals surface area (Å²) in [7, 11) is 0. The smallest absolute Gasteiger partial charge is 0.238 e. The second kappa shape index (κ2) is 7.87. The third kappa shape index (κ3) is 4.59. The van der Waals surface area contributed by atoms with Crippen LogP contribution in [0, 0.1) is 23.2 Å². The predicted molar refractivity (Wildman–Crippen MR) is 103 cm³/mol. The van der Waals surface area contributed by atoms with Crippen LogP contribution >= 0.6 is 0 Å². The largest absolute Gasteiger partial charge is 0.353 e. The van der Waals surface area contributed by atoms with Crippen molar-refractivity contribution in [2.45, 2.75) is 91.1 Å². The molecular formula is C21H37N3O2. The zero-order valence-electron chi connectivity index (χ0n) is 17.0. The van der Waals surface area contributed by atoms with E-state index < -0.39 is 0 Å². The van der Waals surface area contributed by atoms with Gasteiger partial charge >= 0.3 is 0 Å². The van der Waals surface area contributed by atoms with E-state index in [1.54, 1.807) is 0 Å². The molecule has 1 saturated heterocycles. The molecule has 3 fully saturated rings. The molecular weight excluding hydrogens is 326 g/mol. The van der Waals surface area contributed by atoms with Crippen molar-refractivity contribution in [3.63, 3.8) is 0 Å². The lowest BCUT2D eigenvalue weighted by molar-refractivity contribution is -0.128. The highest BCUT2D eigenvalue weighted by Crippen LogP contribution is 2.40. The van der Waals surface area contributed by atoms with Crippen molar-refractivity contribution in [1.29, 1.82) is 0 Å². The van der Waals surface area contributed by atoms with Gasteiger partial charge in [0.05, 0.1) is 5.92 Å². The zero-order chi connectivity index (χ0) is 18.9. The summed E-state index contributed by atoms with van der Waals surface area (Å²) in [5, 5.41) is 5.45. The lowest BCUT2D eigenvalue weighted by Gasteiger charge is -2.38. The maximum atomic E-state index is 12.8. The van der Waals surface area contributed by atoms with Gasteiger partial charge in [-0.3, -0.25) is 15.0 Å². The molecule has 0 aromatic carbocycles. The van der Waals surface area contributed by atoms with Crippen LogP contribution in [0.3, 0.4) is 0 Å². The third-order valence-corrected chi connectivity index (χ3v) is 6.93. The Morgan fingerprint density at radius 2 is 1.81 bits per heavy atom. The van der Waals surface area contributed by atoms with Crippen LogP contribution in [-0.2, 0) is 9.59 Å². The van der Waals surface area contributed by atoms with Crippen molar-refractivity contribution in [2.75, 3.05) is 6.54 Å².